The zero-order valence-electron chi connectivity index (χ0n) is 22.1. The third-order valence-corrected chi connectivity index (χ3v) is 8.79. The number of fused-ring (bicyclic) bond motifs is 3. The number of aryl methyl sites for hydroxylation is 1. The molecule has 1 saturated heterocycles. The van der Waals surface area contributed by atoms with Crippen LogP contribution in [-0.4, -0.2) is 63.8 Å². The molecule has 9 heteroatoms. The average Bonchev–Trinajstić information content (AvgIpc) is 3.26. The van der Waals surface area contributed by atoms with Crippen LogP contribution in [0.25, 0.3) is 11.0 Å². The van der Waals surface area contributed by atoms with E-state index in [-0.39, 0.29) is 30.0 Å². The molecule has 2 aliphatic heterocycles. The van der Waals surface area contributed by atoms with Gasteiger partial charge in [-0.3, -0.25) is 14.5 Å². The smallest absolute Gasteiger partial charge is 0.414 e. The van der Waals surface area contributed by atoms with Crippen LogP contribution in [0.4, 0.5) is 10.5 Å². The van der Waals surface area contributed by atoms with Gasteiger partial charge in [0.15, 0.2) is 0 Å². The molecule has 1 aliphatic carbocycles. The van der Waals surface area contributed by atoms with Gasteiger partial charge in [0.05, 0.1) is 29.7 Å². The van der Waals surface area contributed by atoms with Crippen LogP contribution in [0.5, 0.6) is 0 Å². The van der Waals surface area contributed by atoms with Gasteiger partial charge in [0.1, 0.15) is 5.82 Å². The molecule has 200 valence electrons. The molecule has 2 fully saturated rings. The number of benzene rings is 1. The molecule has 1 saturated carbocycles. The summed E-state index contributed by atoms with van der Waals surface area (Å²) in [5.74, 6) is 0.503. The van der Waals surface area contributed by atoms with E-state index in [2.05, 4.69) is 10.6 Å². The van der Waals surface area contributed by atoms with Crippen molar-refractivity contribution < 1.29 is 24.2 Å². The predicted molar refractivity (Wildman–Crippen MR) is 140 cm³/mol. The first-order chi connectivity index (χ1) is 17.8. The summed E-state index contributed by atoms with van der Waals surface area (Å²) >= 11 is 0. The van der Waals surface area contributed by atoms with E-state index in [1.807, 2.05) is 17.9 Å². The molecule has 2 amide bonds. The summed E-state index contributed by atoms with van der Waals surface area (Å²) in [6.45, 7) is 5.21. The Morgan fingerprint density at radius 3 is 2.54 bits per heavy atom. The highest BCUT2D eigenvalue weighted by Crippen LogP contribution is 2.41. The Labute approximate surface area is 217 Å². The van der Waals surface area contributed by atoms with Gasteiger partial charge in [0.25, 0.3) is 0 Å². The number of likely N-dealkylation sites (tertiary alicyclic amines) is 1. The molecule has 0 spiro atoms. The van der Waals surface area contributed by atoms with Gasteiger partial charge in [-0.15, -0.1) is 0 Å². The quantitative estimate of drug-likeness (QED) is 0.647. The van der Waals surface area contributed by atoms with Crippen molar-refractivity contribution in [2.45, 2.75) is 83.7 Å². The molecule has 0 bridgehead atoms. The summed E-state index contributed by atoms with van der Waals surface area (Å²) in [7, 11) is 1.41. The van der Waals surface area contributed by atoms with Crippen molar-refractivity contribution in [3.8, 4) is 0 Å². The van der Waals surface area contributed by atoms with Crippen molar-refractivity contribution in [2.24, 2.45) is 11.8 Å². The Morgan fingerprint density at radius 1 is 1.11 bits per heavy atom. The average molecular weight is 511 g/mol. The number of aromatic nitrogens is 2. The summed E-state index contributed by atoms with van der Waals surface area (Å²) in [6.07, 6.45) is 7.14. The van der Waals surface area contributed by atoms with Crippen LogP contribution < -0.4 is 4.90 Å². The number of piperidine rings is 1. The molecule has 9 nitrogen and oxygen atoms in total. The van der Waals surface area contributed by atoms with Crippen molar-refractivity contribution in [1.29, 1.82) is 0 Å². The van der Waals surface area contributed by atoms with Gasteiger partial charge in [0, 0.05) is 44.1 Å². The summed E-state index contributed by atoms with van der Waals surface area (Å²) in [5, 5.41) is 9.75. The van der Waals surface area contributed by atoms with E-state index in [0.717, 1.165) is 92.6 Å². The zero-order valence-corrected chi connectivity index (χ0v) is 22.1. The fraction of sp³-hybridized carbons (Fsp3) is 0.643. The third kappa shape index (κ3) is 4.80. The number of amides is 2. The summed E-state index contributed by atoms with van der Waals surface area (Å²) in [6, 6.07) is 4.20. The van der Waals surface area contributed by atoms with Crippen molar-refractivity contribution in [1.82, 2.24) is 14.5 Å². The number of ether oxygens (including phenoxy) is 1. The number of carboxylic acid groups (broad SMARTS) is 1. The van der Waals surface area contributed by atoms with Crippen LogP contribution in [0.1, 0.15) is 76.2 Å². The molecule has 1 aromatic heterocycles. The molecule has 2 aromatic rings. The topological polar surface area (TPSA) is 105 Å². The Balaban J connectivity index is 1.55. The molecular formula is C28H38N4O5. The van der Waals surface area contributed by atoms with E-state index in [1.165, 1.54) is 7.11 Å². The Bertz CT molecular complexity index is 1200. The second kappa shape index (κ2) is 10.3. The number of aliphatic carboxylic acids is 1. The van der Waals surface area contributed by atoms with Crippen LogP contribution in [0.2, 0.25) is 0 Å². The highest BCUT2D eigenvalue weighted by Gasteiger charge is 2.35. The lowest BCUT2D eigenvalue weighted by atomic mass is 9.85. The van der Waals surface area contributed by atoms with Gasteiger partial charge in [-0.2, -0.15) is 0 Å². The number of hydrogen-bond donors (Lipinski definition) is 1. The molecule has 1 aromatic carbocycles. The molecule has 3 aliphatic rings. The molecule has 37 heavy (non-hydrogen) atoms. The number of methoxy groups -OCH3 is 1. The lowest BCUT2D eigenvalue weighted by Crippen LogP contribution is -2.42. The minimum absolute atomic E-state index is 0.0417. The number of hydrogen-bond acceptors (Lipinski definition) is 5. The van der Waals surface area contributed by atoms with Crippen LogP contribution in [-0.2, 0) is 27.2 Å². The summed E-state index contributed by atoms with van der Waals surface area (Å²) in [4.78, 5) is 45.2. The van der Waals surface area contributed by atoms with Crippen LogP contribution >= 0.6 is 0 Å². The van der Waals surface area contributed by atoms with E-state index in [0.29, 0.717) is 12.3 Å². The number of carboxylic acids is 1. The number of nitrogens with zero attached hydrogens (tertiary/aromatic N) is 4. The van der Waals surface area contributed by atoms with E-state index >= 15 is 0 Å². The minimum atomic E-state index is -0.715. The molecule has 0 radical (unpaired) electrons. The van der Waals surface area contributed by atoms with Gasteiger partial charge >= 0.3 is 12.1 Å². The minimum Gasteiger partial charge on any atom is -0.481 e. The number of anilines is 1. The van der Waals surface area contributed by atoms with Gasteiger partial charge in [0.2, 0.25) is 5.91 Å². The van der Waals surface area contributed by atoms with Gasteiger partial charge in [-0.1, -0.05) is 6.42 Å². The first-order valence-electron chi connectivity index (χ1n) is 13.7. The second-order valence-corrected chi connectivity index (χ2v) is 11.1. The van der Waals surface area contributed by atoms with Crippen molar-refractivity contribution in [3.63, 3.8) is 0 Å². The lowest BCUT2D eigenvalue weighted by molar-refractivity contribution is -0.143. The lowest BCUT2D eigenvalue weighted by Gasteiger charge is -2.34. The monoisotopic (exact) mass is 510 g/mol. The SMILES string of the molecule is COC(=O)N1c2ccc3c(nc(CC4CCN(C(C)=O)CC4)n3[C@@H]3CCC[C@@H](C(=O)O)C3)c2CCC1C. The maximum absolute atomic E-state index is 12.6. The Morgan fingerprint density at radius 2 is 1.86 bits per heavy atom. The maximum atomic E-state index is 12.6. The molecule has 1 N–H and O–H groups in total. The molecule has 3 heterocycles. The highest BCUT2D eigenvalue weighted by molar-refractivity contribution is 5.95. The first kappa shape index (κ1) is 25.5. The molecule has 5 rings (SSSR count). The van der Waals surface area contributed by atoms with Crippen LogP contribution in [0, 0.1) is 11.8 Å². The van der Waals surface area contributed by atoms with E-state index in [1.54, 1.807) is 11.8 Å². The maximum Gasteiger partial charge on any atom is 0.414 e. The van der Waals surface area contributed by atoms with Crippen LogP contribution in [0.15, 0.2) is 12.1 Å². The molecule has 1 unspecified atom stereocenters. The molecule has 3 atom stereocenters. The summed E-state index contributed by atoms with van der Waals surface area (Å²) in [5.41, 5.74) is 3.88. The largest absolute Gasteiger partial charge is 0.481 e. The van der Waals surface area contributed by atoms with Crippen molar-refractivity contribution in [2.75, 3.05) is 25.1 Å². The predicted octanol–water partition coefficient (Wildman–Crippen LogP) is 4.56. The van der Waals surface area contributed by atoms with Crippen LogP contribution in [0.3, 0.4) is 0 Å². The van der Waals surface area contributed by atoms with E-state index in [9.17, 15) is 19.5 Å². The standard InChI is InChI=1S/C28H38N4O5/c1-17-7-8-22-23(31(17)28(36)37-3)9-10-24-26(22)29-25(15-19-11-13-30(14-12-19)18(2)33)32(24)21-6-4-5-20(16-21)27(34)35/h9-10,17,19-21H,4-8,11-16H2,1-3H3,(H,34,35)/t17?,20-,21-/m1/s1. The first-order valence-corrected chi connectivity index (χ1v) is 13.7. The third-order valence-electron chi connectivity index (χ3n) is 8.79. The number of carbonyl (C=O) groups is 3. The van der Waals surface area contributed by atoms with E-state index in [4.69, 9.17) is 9.72 Å². The Kier molecular flexibility index (Phi) is 7.14. The number of imidazole rings is 1. The van der Waals surface area contributed by atoms with Crippen molar-refractivity contribution >= 4 is 34.7 Å². The molecular weight excluding hydrogens is 472 g/mol. The van der Waals surface area contributed by atoms with E-state index < -0.39 is 5.97 Å². The number of rotatable bonds is 4. The highest BCUT2D eigenvalue weighted by atomic mass is 16.5. The van der Waals surface area contributed by atoms with Gasteiger partial charge in [-0.05, 0) is 69.9 Å². The second-order valence-electron chi connectivity index (χ2n) is 11.1. The normalized spacial score (nSPS) is 24.7. The van der Waals surface area contributed by atoms with Crippen molar-refractivity contribution in [3.05, 3.63) is 23.5 Å². The van der Waals surface area contributed by atoms with Gasteiger partial charge in [-0.25, -0.2) is 9.78 Å². The fourth-order valence-corrected chi connectivity index (χ4v) is 6.71. The zero-order chi connectivity index (χ0) is 26.3. The fourth-order valence-electron chi connectivity index (χ4n) is 6.71. The number of carbonyl (C=O) groups excluding carboxylic acids is 2. The summed E-state index contributed by atoms with van der Waals surface area (Å²) < 4.78 is 7.41. The Hall–Kier alpha value is -3.10. The van der Waals surface area contributed by atoms with Gasteiger partial charge < -0.3 is 19.3 Å².